The van der Waals surface area contributed by atoms with Gasteiger partial charge in [-0.25, -0.2) is 0 Å². The van der Waals surface area contributed by atoms with Gasteiger partial charge in [-0.3, -0.25) is 9.97 Å². The fourth-order valence-electron chi connectivity index (χ4n) is 1.71. The first-order valence-corrected chi connectivity index (χ1v) is 5.37. The number of hydrogen-bond donors (Lipinski definition) is 1. The summed E-state index contributed by atoms with van der Waals surface area (Å²) in [6.45, 7) is 0. The molecule has 0 fully saturated rings. The highest BCUT2D eigenvalue weighted by atomic mass is 14.9. The van der Waals surface area contributed by atoms with Gasteiger partial charge in [-0.2, -0.15) is 0 Å². The third-order valence-corrected chi connectivity index (χ3v) is 2.60. The maximum Gasteiger partial charge on any atom is 0.0422 e. The van der Waals surface area contributed by atoms with Crippen LogP contribution in [0.1, 0.15) is 17.3 Å². The Labute approximate surface area is 95.6 Å². The van der Waals surface area contributed by atoms with E-state index in [-0.39, 0.29) is 6.04 Å². The Balaban J connectivity index is 2.13. The van der Waals surface area contributed by atoms with E-state index in [4.69, 9.17) is 0 Å². The minimum absolute atomic E-state index is 0.290. The Morgan fingerprint density at radius 2 is 1.94 bits per heavy atom. The first-order valence-electron chi connectivity index (χ1n) is 5.37. The summed E-state index contributed by atoms with van der Waals surface area (Å²) in [4.78, 5) is 8.36. The Morgan fingerprint density at radius 1 is 1.12 bits per heavy atom. The molecule has 0 bridgehead atoms. The number of hydrogen-bond acceptors (Lipinski definition) is 3. The first-order chi connectivity index (χ1) is 7.90. The molecule has 0 saturated heterocycles. The van der Waals surface area contributed by atoms with Crippen LogP contribution in [0.15, 0.2) is 48.9 Å². The molecule has 2 aromatic rings. The quantitative estimate of drug-likeness (QED) is 0.844. The SMILES string of the molecule is CNC(Cc1ccccn1)c1ccncc1. The van der Waals surface area contributed by atoms with Crippen LogP contribution in [0.3, 0.4) is 0 Å². The van der Waals surface area contributed by atoms with Crippen LogP contribution in [-0.2, 0) is 6.42 Å². The monoisotopic (exact) mass is 213 g/mol. The lowest BCUT2D eigenvalue weighted by Gasteiger charge is -2.15. The van der Waals surface area contributed by atoms with Gasteiger partial charge >= 0.3 is 0 Å². The lowest BCUT2D eigenvalue weighted by Crippen LogP contribution is -2.19. The molecule has 1 N–H and O–H groups in total. The summed E-state index contributed by atoms with van der Waals surface area (Å²) < 4.78 is 0. The van der Waals surface area contributed by atoms with Gasteiger partial charge in [0.25, 0.3) is 0 Å². The molecule has 0 aliphatic rings. The molecule has 3 nitrogen and oxygen atoms in total. The van der Waals surface area contributed by atoms with Crippen molar-refractivity contribution in [2.45, 2.75) is 12.5 Å². The minimum atomic E-state index is 0.290. The van der Waals surface area contributed by atoms with Crippen molar-refractivity contribution < 1.29 is 0 Å². The largest absolute Gasteiger partial charge is 0.313 e. The minimum Gasteiger partial charge on any atom is -0.313 e. The molecule has 3 heteroatoms. The number of likely N-dealkylation sites (N-methyl/N-ethyl adjacent to an activating group) is 1. The van der Waals surface area contributed by atoms with E-state index < -0.39 is 0 Å². The van der Waals surface area contributed by atoms with Crippen molar-refractivity contribution in [3.8, 4) is 0 Å². The molecule has 2 heterocycles. The van der Waals surface area contributed by atoms with Gasteiger partial charge in [0.1, 0.15) is 0 Å². The van der Waals surface area contributed by atoms with E-state index in [1.165, 1.54) is 5.56 Å². The number of rotatable bonds is 4. The average molecular weight is 213 g/mol. The van der Waals surface area contributed by atoms with Crippen LogP contribution in [0.25, 0.3) is 0 Å². The second kappa shape index (κ2) is 5.37. The zero-order valence-corrected chi connectivity index (χ0v) is 9.30. The Hall–Kier alpha value is -1.74. The summed E-state index contributed by atoms with van der Waals surface area (Å²) in [7, 11) is 1.97. The number of nitrogens with zero attached hydrogens (tertiary/aromatic N) is 2. The number of pyridine rings is 2. The third-order valence-electron chi connectivity index (χ3n) is 2.60. The van der Waals surface area contributed by atoms with E-state index in [1.54, 1.807) is 0 Å². The van der Waals surface area contributed by atoms with E-state index in [0.717, 1.165) is 12.1 Å². The van der Waals surface area contributed by atoms with Crippen LogP contribution in [0.2, 0.25) is 0 Å². The van der Waals surface area contributed by atoms with E-state index in [9.17, 15) is 0 Å². The standard InChI is InChI=1S/C13H15N3/c1-14-13(11-5-8-15-9-6-11)10-12-4-2-3-7-16-12/h2-9,13-14H,10H2,1H3. The molecule has 0 aromatic carbocycles. The molecule has 2 rings (SSSR count). The summed E-state index contributed by atoms with van der Waals surface area (Å²) in [6.07, 6.45) is 6.35. The van der Waals surface area contributed by atoms with Gasteiger partial charge in [0.05, 0.1) is 0 Å². The molecule has 2 aromatic heterocycles. The lowest BCUT2D eigenvalue weighted by molar-refractivity contribution is 0.584. The van der Waals surface area contributed by atoms with E-state index in [1.807, 2.05) is 56.0 Å². The van der Waals surface area contributed by atoms with Gasteiger partial charge < -0.3 is 5.32 Å². The van der Waals surface area contributed by atoms with Gasteiger partial charge in [-0.15, -0.1) is 0 Å². The molecule has 0 radical (unpaired) electrons. The van der Waals surface area contributed by atoms with Crippen molar-refractivity contribution in [1.82, 2.24) is 15.3 Å². The second-order valence-electron chi connectivity index (χ2n) is 3.65. The number of nitrogens with one attached hydrogen (secondary N) is 1. The molecule has 1 atom stereocenters. The van der Waals surface area contributed by atoms with Crippen molar-refractivity contribution in [3.05, 3.63) is 60.2 Å². The average Bonchev–Trinajstić information content (AvgIpc) is 2.38. The summed E-state index contributed by atoms with van der Waals surface area (Å²) >= 11 is 0. The first kappa shape index (κ1) is 10.8. The van der Waals surface area contributed by atoms with Crippen molar-refractivity contribution in [3.63, 3.8) is 0 Å². The Kier molecular flexibility index (Phi) is 3.62. The normalized spacial score (nSPS) is 12.3. The second-order valence-corrected chi connectivity index (χ2v) is 3.65. The van der Waals surface area contributed by atoms with Crippen LogP contribution >= 0.6 is 0 Å². The predicted molar refractivity (Wildman–Crippen MR) is 64.0 cm³/mol. The molecular formula is C13H15N3. The van der Waals surface area contributed by atoms with Crippen LogP contribution in [-0.4, -0.2) is 17.0 Å². The third kappa shape index (κ3) is 2.64. The van der Waals surface area contributed by atoms with Crippen molar-refractivity contribution in [2.75, 3.05) is 7.05 Å². The van der Waals surface area contributed by atoms with Crippen LogP contribution in [0.5, 0.6) is 0 Å². The van der Waals surface area contributed by atoms with Gasteiger partial charge in [-0.1, -0.05) is 6.07 Å². The van der Waals surface area contributed by atoms with Crippen LogP contribution in [0, 0.1) is 0 Å². The van der Waals surface area contributed by atoms with E-state index in [0.29, 0.717) is 0 Å². The van der Waals surface area contributed by atoms with Gasteiger partial charge in [0.15, 0.2) is 0 Å². The fourth-order valence-corrected chi connectivity index (χ4v) is 1.71. The highest BCUT2D eigenvalue weighted by molar-refractivity contribution is 5.18. The van der Waals surface area contributed by atoms with Crippen molar-refractivity contribution in [1.29, 1.82) is 0 Å². The van der Waals surface area contributed by atoms with Gasteiger partial charge in [0.2, 0.25) is 0 Å². The van der Waals surface area contributed by atoms with E-state index >= 15 is 0 Å². The van der Waals surface area contributed by atoms with Crippen LogP contribution in [0.4, 0.5) is 0 Å². The maximum absolute atomic E-state index is 4.34. The van der Waals surface area contributed by atoms with Gasteiger partial charge in [0, 0.05) is 36.7 Å². The summed E-state index contributed by atoms with van der Waals surface area (Å²) in [5, 5.41) is 3.30. The summed E-state index contributed by atoms with van der Waals surface area (Å²) in [6, 6.07) is 10.4. The molecule has 16 heavy (non-hydrogen) atoms. The van der Waals surface area contributed by atoms with Crippen LogP contribution < -0.4 is 5.32 Å². The molecule has 1 unspecified atom stereocenters. The summed E-state index contributed by atoms with van der Waals surface area (Å²) in [5.74, 6) is 0. The molecule has 0 aliphatic carbocycles. The molecule has 0 saturated carbocycles. The molecule has 0 amide bonds. The fraction of sp³-hybridized carbons (Fsp3) is 0.231. The smallest absolute Gasteiger partial charge is 0.0422 e. The molecule has 0 aliphatic heterocycles. The maximum atomic E-state index is 4.34. The van der Waals surface area contributed by atoms with Crippen molar-refractivity contribution >= 4 is 0 Å². The topological polar surface area (TPSA) is 37.8 Å². The zero-order chi connectivity index (χ0) is 11.2. The predicted octanol–water partition coefficient (Wildman–Crippen LogP) is 1.98. The van der Waals surface area contributed by atoms with E-state index in [2.05, 4.69) is 15.3 Å². The van der Waals surface area contributed by atoms with Crippen molar-refractivity contribution in [2.24, 2.45) is 0 Å². The summed E-state index contributed by atoms with van der Waals surface area (Å²) in [5.41, 5.74) is 2.34. The number of aromatic nitrogens is 2. The molecular weight excluding hydrogens is 198 g/mol. The highest BCUT2D eigenvalue weighted by Gasteiger charge is 2.09. The Morgan fingerprint density at radius 3 is 2.56 bits per heavy atom. The molecule has 0 spiro atoms. The molecule has 82 valence electrons. The zero-order valence-electron chi connectivity index (χ0n) is 9.30. The van der Waals surface area contributed by atoms with Gasteiger partial charge in [-0.05, 0) is 36.9 Å². The Bertz CT molecular complexity index is 414. The highest BCUT2D eigenvalue weighted by Crippen LogP contribution is 2.15. The lowest BCUT2D eigenvalue weighted by atomic mass is 10.0.